The fourth-order valence-corrected chi connectivity index (χ4v) is 10.5. The van der Waals surface area contributed by atoms with Crippen LogP contribution in [0.5, 0.6) is 0 Å². The minimum absolute atomic E-state index is 0.0600. The van der Waals surface area contributed by atoms with Crippen LogP contribution in [0, 0.1) is 34.5 Å². The van der Waals surface area contributed by atoms with Crippen LogP contribution in [0.2, 0.25) is 0 Å². The van der Waals surface area contributed by atoms with Gasteiger partial charge >= 0.3 is 6.03 Å². The van der Waals surface area contributed by atoms with Gasteiger partial charge in [-0.25, -0.2) is 13.2 Å². The first-order valence-electron chi connectivity index (χ1n) is 18.0. The summed E-state index contributed by atoms with van der Waals surface area (Å²) < 4.78 is 26.7. The van der Waals surface area contributed by atoms with Crippen LogP contribution in [0.1, 0.15) is 92.1 Å². The number of rotatable bonds is 16. The Bertz CT molecular complexity index is 1600. The number of sulfone groups is 1. The zero-order chi connectivity index (χ0) is 36.8. The molecular weight excluding hydrogens is 659 g/mol. The number of hydrogen-bond acceptors (Lipinski definition) is 7. The Kier molecular flexibility index (Phi) is 10.5. The van der Waals surface area contributed by atoms with Crippen molar-refractivity contribution >= 4 is 39.4 Å². The largest absolute Gasteiger partial charge is 0.363 e. The molecule has 50 heavy (non-hydrogen) atoms. The molecule has 0 spiro atoms. The smallest absolute Gasteiger partial charge is 0.315 e. The average Bonchev–Trinajstić information content (AvgIpc) is 3.76. The van der Waals surface area contributed by atoms with Crippen molar-refractivity contribution in [1.82, 2.24) is 20.9 Å². The van der Waals surface area contributed by atoms with Crippen molar-refractivity contribution in [3.63, 3.8) is 0 Å². The normalized spacial score (nSPS) is 25.7. The number of piperidine rings is 1. The van der Waals surface area contributed by atoms with Gasteiger partial charge in [0.1, 0.15) is 12.1 Å². The number of nitrogens with two attached hydrogens (primary N) is 1. The first kappa shape index (κ1) is 37.8. The van der Waals surface area contributed by atoms with E-state index in [0.717, 1.165) is 19.3 Å². The van der Waals surface area contributed by atoms with Crippen molar-refractivity contribution in [3.05, 3.63) is 35.9 Å². The van der Waals surface area contributed by atoms with Crippen molar-refractivity contribution in [2.24, 2.45) is 40.2 Å². The van der Waals surface area contributed by atoms with Crippen LogP contribution in [0.25, 0.3) is 0 Å². The number of likely N-dealkylation sites (tertiary alicyclic amines) is 1. The van der Waals surface area contributed by atoms with E-state index in [9.17, 15) is 32.4 Å². The SMILES string of the molecule is CC(C)CC(C)(CS(=O)(=O)Cc1ccccc1)NC(=O)N[C@H](C(=O)N1CC2C([C@H]1C(=O)NC(CC1CCC1)C(=O)C(N)=O)C2(C)C)C1(C)CC1. The summed E-state index contributed by atoms with van der Waals surface area (Å²) in [5, 5.41) is 8.63. The molecule has 0 bridgehead atoms. The molecule has 6 atom stereocenters. The van der Waals surface area contributed by atoms with Crippen molar-refractivity contribution in [1.29, 1.82) is 0 Å². The fourth-order valence-electron chi connectivity index (χ4n) is 8.57. The molecule has 0 radical (unpaired) electrons. The van der Waals surface area contributed by atoms with Gasteiger partial charge in [-0.05, 0) is 72.7 Å². The molecule has 1 saturated heterocycles. The van der Waals surface area contributed by atoms with Crippen LogP contribution in [0.3, 0.4) is 0 Å². The fraction of sp³-hybridized carbons (Fsp3) is 0.703. The third-order valence-corrected chi connectivity index (χ3v) is 13.6. The number of ketones is 1. The topological polar surface area (TPSA) is 185 Å². The monoisotopic (exact) mass is 713 g/mol. The molecule has 4 fully saturated rings. The van der Waals surface area contributed by atoms with Gasteiger partial charge in [-0.2, -0.15) is 0 Å². The van der Waals surface area contributed by atoms with Crippen LogP contribution in [-0.4, -0.2) is 78.8 Å². The van der Waals surface area contributed by atoms with Gasteiger partial charge in [0.25, 0.3) is 5.91 Å². The van der Waals surface area contributed by atoms with E-state index in [1.54, 1.807) is 31.2 Å². The predicted molar refractivity (Wildman–Crippen MR) is 189 cm³/mol. The highest BCUT2D eigenvalue weighted by atomic mass is 32.2. The maximum Gasteiger partial charge on any atom is 0.315 e. The van der Waals surface area contributed by atoms with E-state index >= 15 is 0 Å². The Labute approximate surface area is 296 Å². The van der Waals surface area contributed by atoms with Gasteiger partial charge < -0.3 is 26.6 Å². The van der Waals surface area contributed by atoms with Gasteiger partial charge in [0.2, 0.25) is 17.6 Å². The van der Waals surface area contributed by atoms with Crippen molar-refractivity contribution < 1.29 is 32.4 Å². The number of amides is 5. The lowest BCUT2D eigenvalue weighted by atomic mass is 9.80. The number of hydrogen-bond donors (Lipinski definition) is 4. The van der Waals surface area contributed by atoms with E-state index in [1.165, 1.54) is 4.90 Å². The molecule has 13 heteroatoms. The predicted octanol–water partition coefficient (Wildman–Crippen LogP) is 3.09. The number of primary amides is 1. The van der Waals surface area contributed by atoms with E-state index < -0.39 is 62.5 Å². The van der Waals surface area contributed by atoms with E-state index in [-0.39, 0.29) is 46.5 Å². The van der Waals surface area contributed by atoms with Crippen LogP contribution in [0.4, 0.5) is 4.79 Å². The number of fused-ring (bicyclic) bond motifs is 1. The van der Waals surface area contributed by atoms with E-state index in [0.29, 0.717) is 37.8 Å². The van der Waals surface area contributed by atoms with E-state index in [2.05, 4.69) is 29.8 Å². The Morgan fingerprint density at radius 2 is 1.66 bits per heavy atom. The second-order valence-corrected chi connectivity index (χ2v) is 19.1. The maximum atomic E-state index is 14.5. The molecule has 5 N–H and O–H groups in total. The quantitative estimate of drug-likeness (QED) is 0.190. The standard InChI is InChI=1S/C37H55N5O7S/c1-22(2)18-37(6,21-50(48,49)20-24-11-8-7-9-12-24)41-34(47)40-30(36(5)15-16-36)33(46)42-19-25-27(35(25,3)4)28(42)32(45)39-26(29(43)31(38)44)17-23-13-10-14-23/h7-9,11-12,22-23,25-28,30H,10,13-21H2,1-6H3,(H2,38,44)(H,39,45)(H2,40,41,47)/t25?,26?,27?,28-,30+,37?/m0/s1. The molecule has 4 aliphatic rings. The Hall–Kier alpha value is -3.48. The Balaban J connectivity index is 1.33. The van der Waals surface area contributed by atoms with Gasteiger partial charge in [-0.15, -0.1) is 0 Å². The minimum atomic E-state index is -3.63. The van der Waals surface area contributed by atoms with E-state index in [1.807, 2.05) is 26.8 Å². The van der Waals surface area contributed by atoms with Crippen LogP contribution in [0.15, 0.2) is 30.3 Å². The zero-order valence-electron chi connectivity index (χ0n) is 30.3. The molecule has 3 aliphatic carbocycles. The van der Waals surface area contributed by atoms with Gasteiger partial charge in [0.05, 0.1) is 23.1 Å². The van der Waals surface area contributed by atoms with Crippen molar-refractivity contribution in [3.8, 4) is 0 Å². The van der Waals surface area contributed by atoms with Crippen LogP contribution in [-0.2, 0) is 34.8 Å². The first-order chi connectivity index (χ1) is 23.3. The Morgan fingerprint density at radius 1 is 1.02 bits per heavy atom. The molecule has 0 aromatic heterocycles. The number of nitrogens with one attached hydrogen (secondary N) is 3. The Morgan fingerprint density at radius 3 is 2.20 bits per heavy atom. The lowest BCUT2D eigenvalue weighted by Gasteiger charge is -2.37. The molecule has 3 saturated carbocycles. The summed E-state index contributed by atoms with van der Waals surface area (Å²) in [6, 6.07) is 5.36. The molecule has 4 unspecified atom stereocenters. The highest BCUT2D eigenvalue weighted by Gasteiger charge is 2.70. The summed E-state index contributed by atoms with van der Waals surface area (Å²) in [6.45, 7) is 12.0. The molecule has 1 aliphatic heterocycles. The molecule has 1 heterocycles. The zero-order valence-corrected chi connectivity index (χ0v) is 31.1. The molecular formula is C37H55N5O7S. The summed E-state index contributed by atoms with van der Waals surface area (Å²) in [6.07, 6.45) is 4.95. The van der Waals surface area contributed by atoms with E-state index in [4.69, 9.17) is 5.73 Å². The summed E-state index contributed by atoms with van der Waals surface area (Å²) >= 11 is 0. The van der Waals surface area contributed by atoms with Crippen LogP contribution >= 0.6 is 0 Å². The molecule has 1 aromatic carbocycles. The lowest BCUT2D eigenvalue weighted by Crippen LogP contribution is -2.62. The number of benzene rings is 1. The van der Waals surface area contributed by atoms with Crippen molar-refractivity contribution in [2.75, 3.05) is 12.3 Å². The molecule has 5 amide bonds. The summed E-state index contributed by atoms with van der Waals surface area (Å²) in [5.74, 6) is -3.07. The van der Waals surface area contributed by atoms with Gasteiger partial charge in [-0.1, -0.05) is 84.2 Å². The highest BCUT2D eigenvalue weighted by Crippen LogP contribution is 2.65. The number of carbonyl (C=O) groups excluding carboxylic acids is 5. The van der Waals surface area contributed by atoms with Gasteiger partial charge in [-0.3, -0.25) is 19.2 Å². The van der Waals surface area contributed by atoms with Crippen molar-refractivity contribution in [2.45, 2.75) is 116 Å². The third kappa shape index (κ3) is 8.35. The molecule has 1 aromatic rings. The summed E-state index contributed by atoms with van der Waals surface area (Å²) in [5.41, 5.74) is 4.15. The number of Topliss-reactive ketones (excluding diaryl/α,β-unsaturated/α-hetero) is 1. The number of carbonyl (C=O) groups is 5. The molecule has 5 rings (SSSR count). The highest BCUT2D eigenvalue weighted by molar-refractivity contribution is 7.90. The summed E-state index contributed by atoms with van der Waals surface area (Å²) in [4.78, 5) is 68.4. The molecule has 276 valence electrons. The number of nitrogens with zero attached hydrogens (tertiary/aromatic N) is 1. The van der Waals surface area contributed by atoms with Crippen LogP contribution < -0.4 is 21.7 Å². The number of urea groups is 1. The second kappa shape index (κ2) is 13.9. The molecule has 12 nitrogen and oxygen atoms in total. The minimum Gasteiger partial charge on any atom is -0.363 e. The second-order valence-electron chi connectivity index (χ2n) is 17.1. The van der Waals surface area contributed by atoms with Gasteiger partial charge in [0, 0.05) is 6.54 Å². The maximum absolute atomic E-state index is 14.5. The van der Waals surface area contributed by atoms with Gasteiger partial charge in [0.15, 0.2) is 9.84 Å². The average molecular weight is 714 g/mol. The third-order valence-electron chi connectivity index (χ3n) is 11.7. The lowest BCUT2D eigenvalue weighted by molar-refractivity contribution is -0.144. The summed E-state index contributed by atoms with van der Waals surface area (Å²) in [7, 11) is -3.63. The first-order valence-corrected chi connectivity index (χ1v) is 19.8.